The number of benzene rings is 2. The van der Waals surface area contributed by atoms with Crippen molar-refractivity contribution in [1.29, 1.82) is 0 Å². The van der Waals surface area contributed by atoms with Gasteiger partial charge in [-0.05, 0) is 12.1 Å². The van der Waals surface area contributed by atoms with Crippen LogP contribution in [0.3, 0.4) is 0 Å². The first-order valence-electron chi connectivity index (χ1n) is 5.18. The average Bonchev–Trinajstić information content (AvgIpc) is 2.40. The van der Waals surface area contributed by atoms with E-state index in [1.807, 2.05) is 0 Å². The van der Waals surface area contributed by atoms with Gasteiger partial charge in [-0.15, -0.1) is 0 Å². The first kappa shape index (κ1) is 12.5. The van der Waals surface area contributed by atoms with E-state index in [2.05, 4.69) is 0 Å². The Bertz CT molecular complexity index is 609. The molecule has 4 heteroatoms. The molecule has 0 saturated heterocycles. The van der Waals surface area contributed by atoms with Crippen LogP contribution in [-0.4, -0.2) is 12.1 Å². The van der Waals surface area contributed by atoms with E-state index in [1.165, 1.54) is 12.1 Å². The summed E-state index contributed by atoms with van der Waals surface area (Å²) in [6.45, 7) is 0. The van der Waals surface area contributed by atoms with Gasteiger partial charge in [0.15, 0.2) is 12.1 Å². The Labute approximate surface area is 108 Å². The van der Waals surface area contributed by atoms with E-state index in [-0.39, 0.29) is 16.1 Å². The van der Waals surface area contributed by atoms with E-state index in [0.29, 0.717) is 11.8 Å². The van der Waals surface area contributed by atoms with Crippen molar-refractivity contribution in [2.45, 2.75) is 0 Å². The van der Waals surface area contributed by atoms with Crippen LogP contribution in [0, 0.1) is 5.82 Å². The van der Waals surface area contributed by atoms with Gasteiger partial charge in [-0.2, -0.15) is 0 Å². The van der Waals surface area contributed by atoms with E-state index in [0.717, 1.165) is 0 Å². The molecule has 2 aromatic carbocycles. The molecule has 2 nitrogen and oxygen atoms in total. The number of carbonyl (C=O) groups is 2. The van der Waals surface area contributed by atoms with E-state index in [4.69, 9.17) is 11.6 Å². The molecule has 90 valence electrons. The molecule has 0 bridgehead atoms. The molecule has 2 aromatic rings. The third kappa shape index (κ3) is 2.17. The minimum absolute atomic E-state index is 0.00745. The van der Waals surface area contributed by atoms with Crippen molar-refractivity contribution in [3.8, 4) is 0 Å². The molecule has 0 aromatic heterocycles. The molecule has 0 aliphatic heterocycles. The number of halogens is 2. The molecule has 0 spiro atoms. The van der Waals surface area contributed by atoms with E-state index >= 15 is 0 Å². The third-order valence-electron chi connectivity index (χ3n) is 2.51. The van der Waals surface area contributed by atoms with Gasteiger partial charge in [-0.25, -0.2) is 4.39 Å². The van der Waals surface area contributed by atoms with Gasteiger partial charge in [-0.1, -0.05) is 41.9 Å². The Morgan fingerprint density at radius 3 is 2.39 bits per heavy atom. The topological polar surface area (TPSA) is 34.1 Å². The van der Waals surface area contributed by atoms with E-state index in [9.17, 15) is 14.0 Å². The van der Waals surface area contributed by atoms with Gasteiger partial charge in [-0.3, -0.25) is 9.59 Å². The van der Waals surface area contributed by atoms with Crippen molar-refractivity contribution in [3.05, 3.63) is 70.0 Å². The van der Waals surface area contributed by atoms with Crippen LogP contribution in [0.5, 0.6) is 0 Å². The zero-order valence-electron chi connectivity index (χ0n) is 9.19. The highest BCUT2D eigenvalue weighted by atomic mass is 35.5. The lowest BCUT2D eigenvalue weighted by atomic mass is 10.0. The molecule has 0 radical (unpaired) electrons. The molecule has 0 fully saturated rings. The van der Waals surface area contributed by atoms with E-state index < -0.39 is 11.6 Å². The zero-order chi connectivity index (χ0) is 13.1. The fourth-order valence-corrected chi connectivity index (χ4v) is 1.83. The van der Waals surface area contributed by atoms with Crippen LogP contribution in [0.2, 0.25) is 5.02 Å². The summed E-state index contributed by atoms with van der Waals surface area (Å²) in [6, 6.07) is 10.8. The summed E-state index contributed by atoms with van der Waals surface area (Å²) in [5.41, 5.74) is -0.132. The number of ketones is 1. The van der Waals surface area contributed by atoms with Crippen molar-refractivity contribution in [1.82, 2.24) is 0 Å². The number of hydrogen-bond acceptors (Lipinski definition) is 2. The van der Waals surface area contributed by atoms with Gasteiger partial charge < -0.3 is 0 Å². The molecule has 0 atom stereocenters. The Balaban J connectivity index is 2.58. The maximum Gasteiger partial charge on any atom is 0.197 e. The van der Waals surface area contributed by atoms with Crippen LogP contribution in [0.25, 0.3) is 0 Å². The standard InChI is InChI=1S/C14H8ClFO2/c15-11-7-6-10(8-17)13(16)12(11)14(18)9-4-2-1-3-5-9/h1-8H. The molecule has 0 amide bonds. The summed E-state index contributed by atoms with van der Waals surface area (Å²) in [5, 5.41) is -0.00745. The van der Waals surface area contributed by atoms with Gasteiger partial charge >= 0.3 is 0 Å². The van der Waals surface area contributed by atoms with Gasteiger partial charge in [0, 0.05) is 5.56 Å². The van der Waals surface area contributed by atoms with Crippen molar-refractivity contribution in [2.24, 2.45) is 0 Å². The zero-order valence-corrected chi connectivity index (χ0v) is 9.95. The average molecular weight is 263 g/mol. The normalized spacial score (nSPS) is 10.1. The van der Waals surface area contributed by atoms with Crippen LogP contribution in [0.15, 0.2) is 42.5 Å². The smallest absolute Gasteiger partial charge is 0.197 e. The quantitative estimate of drug-likeness (QED) is 0.626. The summed E-state index contributed by atoms with van der Waals surface area (Å²) >= 11 is 5.83. The Morgan fingerprint density at radius 2 is 1.78 bits per heavy atom. The summed E-state index contributed by atoms with van der Waals surface area (Å²) in [5.74, 6) is -1.42. The van der Waals surface area contributed by atoms with Crippen molar-refractivity contribution in [2.75, 3.05) is 0 Å². The van der Waals surface area contributed by atoms with Crippen LogP contribution in [0.1, 0.15) is 26.3 Å². The fourth-order valence-electron chi connectivity index (χ4n) is 1.60. The first-order valence-corrected chi connectivity index (χ1v) is 5.56. The molecule has 0 saturated carbocycles. The second-order valence-corrected chi connectivity index (χ2v) is 4.05. The molecule has 2 rings (SSSR count). The van der Waals surface area contributed by atoms with Crippen LogP contribution < -0.4 is 0 Å². The van der Waals surface area contributed by atoms with Crippen molar-refractivity contribution >= 4 is 23.7 Å². The van der Waals surface area contributed by atoms with Crippen LogP contribution in [0.4, 0.5) is 4.39 Å². The van der Waals surface area contributed by atoms with E-state index in [1.54, 1.807) is 30.3 Å². The maximum absolute atomic E-state index is 13.9. The second-order valence-electron chi connectivity index (χ2n) is 3.64. The lowest BCUT2D eigenvalue weighted by molar-refractivity contribution is 0.103. The SMILES string of the molecule is O=Cc1ccc(Cl)c(C(=O)c2ccccc2)c1F. The summed E-state index contributed by atoms with van der Waals surface area (Å²) in [4.78, 5) is 22.8. The predicted molar refractivity (Wildman–Crippen MR) is 66.7 cm³/mol. The highest BCUT2D eigenvalue weighted by Crippen LogP contribution is 2.24. The highest BCUT2D eigenvalue weighted by Gasteiger charge is 2.20. The number of aldehydes is 1. The van der Waals surface area contributed by atoms with Gasteiger partial charge in [0.25, 0.3) is 0 Å². The monoisotopic (exact) mass is 262 g/mol. The summed E-state index contributed by atoms with van der Waals surface area (Å²) in [6.07, 6.45) is 0.355. The molecule has 0 unspecified atom stereocenters. The summed E-state index contributed by atoms with van der Waals surface area (Å²) in [7, 11) is 0. The molecular weight excluding hydrogens is 255 g/mol. The lowest BCUT2D eigenvalue weighted by Gasteiger charge is -2.06. The molecule has 18 heavy (non-hydrogen) atoms. The minimum atomic E-state index is -0.883. The first-order chi connectivity index (χ1) is 8.65. The van der Waals surface area contributed by atoms with Gasteiger partial charge in [0.05, 0.1) is 16.1 Å². The maximum atomic E-state index is 13.9. The minimum Gasteiger partial charge on any atom is -0.298 e. The van der Waals surface area contributed by atoms with Crippen molar-refractivity contribution in [3.63, 3.8) is 0 Å². The van der Waals surface area contributed by atoms with Crippen molar-refractivity contribution < 1.29 is 14.0 Å². The number of hydrogen-bond donors (Lipinski definition) is 0. The predicted octanol–water partition coefficient (Wildman–Crippen LogP) is 3.52. The molecule has 0 aliphatic rings. The molecular formula is C14H8ClFO2. The molecule has 0 heterocycles. The number of carbonyl (C=O) groups excluding carboxylic acids is 2. The molecule has 0 N–H and O–H groups in total. The van der Waals surface area contributed by atoms with Gasteiger partial charge in [0.2, 0.25) is 0 Å². The highest BCUT2D eigenvalue weighted by molar-refractivity contribution is 6.35. The van der Waals surface area contributed by atoms with Crippen LogP contribution >= 0.6 is 11.6 Å². The largest absolute Gasteiger partial charge is 0.298 e. The third-order valence-corrected chi connectivity index (χ3v) is 2.83. The fraction of sp³-hybridized carbons (Fsp3) is 0. The summed E-state index contributed by atoms with van der Waals surface area (Å²) < 4.78 is 13.9. The van der Waals surface area contributed by atoms with Crippen LogP contribution in [-0.2, 0) is 0 Å². The van der Waals surface area contributed by atoms with Gasteiger partial charge in [0.1, 0.15) is 5.82 Å². The Hall–Kier alpha value is -2.00. The lowest BCUT2D eigenvalue weighted by Crippen LogP contribution is -2.07. The second kappa shape index (κ2) is 5.10. The Morgan fingerprint density at radius 1 is 1.11 bits per heavy atom. The molecule has 0 aliphatic carbocycles. The Kier molecular flexibility index (Phi) is 3.53. The number of rotatable bonds is 3.